The molecule has 0 aromatic carbocycles. The highest BCUT2D eigenvalue weighted by atomic mass is 16.7. The van der Waals surface area contributed by atoms with Gasteiger partial charge in [0.25, 0.3) is 5.91 Å². The molecule has 1 aromatic rings. The van der Waals surface area contributed by atoms with Crippen molar-refractivity contribution in [1.82, 2.24) is 14.9 Å². The Morgan fingerprint density at radius 3 is 2.45 bits per heavy atom. The minimum Gasteiger partial charge on any atom is -0.399 e. The fourth-order valence-electron chi connectivity index (χ4n) is 3.54. The number of carbonyl (C=O) groups excluding carboxylic acids is 1. The van der Waals surface area contributed by atoms with Crippen LogP contribution in [-0.2, 0) is 14.1 Å². The summed E-state index contributed by atoms with van der Waals surface area (Å²) in [5, 5.41) is 18.6. The Bertz CT molecular complexity index is 714. The number of aliphatic hydroxyl groups is 2. The van der Waals surface area contributed by atoms with Crippen molar-refractivity contribution in [3.8, 4) is 0 Å². The van der Waals surface area contributed by atoms with Gasteiger partial charge in [0, 0.05) is 44.0 Å². The van der Waals surface area contributed by atoms with Gasteiger partial charge in [0.1, 0.15) is 0 Å². The molecule has 2 aliphatic rings. The zero-order valence-corrected chi connectivity index (χ0v) is 17.8. The van der Waals surface area contributed by atoms with Crippen LogP contribution in [0.4, 0.5) is 5.95 Å². The summed E-state index contributed by atoms with van der Waals surface area (Å²) in [6.07, 6.45) is 3.75. The van der Waals surface area contributed by atoms with E-state index in [9.17, 15) is 9.90 Å². The average molecular weight is 406 g/mol. The first-order valence-corrected chi connectivity index (χ1v) is 10.0. The van der Waals surface area contributed by atoms with E-state index in [2.05, 4.69) is 9.97 Å². The number of rotatable bonds is 5. The molecule has 1 amide bonds. The van der Waals surface area contributed by atoms with Crippen LogP contribution in [0.5, 0.6) is 0 Å². The SMILES string of the molecule is CN(c1ncc(B2OC(C)(C)C(C)(C)O2)cn1)[C@H]1CCCN(C(=O)[C@H](O)CO)C1. The molecule has 2 fully saturated rings. The number of likely N-dealkylation sites (tertiary alicyclic amines) is 1. The van der Waals surface area contributed by atoms with Crippen LogP contribution in [0.3, 0.4) is 0 Å². The van der Waals surface area contributed by atoms with Crippen molar-refractivity contribution in [2.24, 2.45) is 0 Å². The molecule has 0 bridgehead atoms. The van der Waals surface area contributed by atoms with E-state index in [0.29, 0.717) is 19.0 Å². The molecule has 3 rings (SSSR count). The maximum absolute atomic E-state index is 12.2. The van der Waals surface area contributed by atoms with E-state index in [1.54, 1.807) is 17.3 Å². The average Bonchev–Trinajstić information content (AvgIpc) is 2.93. The summed E-state index contributed by atoms with van der Waals surface area (Å²) in [5.41, 5.74) is -0.0957. The van der Waals surface area contributed by atoms with Gasteiger partial charge in [0.05, 0.1) is 17.8 Å². The molecule has 29 heavy (non-hydrogen) atoms. The molecule has 1 aromatic heterocycles. The van der Waals surface area contributed by atoms with Gasteiger partial charge in [-0.25, -0.2) is 9.97 Å². The predicted octanol–water partition coefficient (Wildman–Crippen LogP) is -0.444. The minimum atomic E-state index is -1.37. The third-order valence-corrected chi connectivity index (χ3v) is 6.21. The Kier molecular flexibility index (Phi) is 6.19. The molecule has 3 heterocycles. The second kappa shape index (κ2) is 8.18. The number of aromatic nitrogens is 2. The van der Waals surface area contributed by atoms with Gasteiger partial charge in [-0.2, -0.15) is 0 Å². The predicted molar refractivity (Wildman–Crippen MR) is 109 cm³/mol. The number of amides is 1. The third-order valence-electron chi connectivity index (χ3n) is 6.21. The van der Waals surface area contributed by atoms with Crippen molar-refractivity contribution in [2.75, 3.05) is 31.6 Å². The van der Waals surface area contributed by atoms with Crippen LogP contribution in [0.15, 0.2) is 12.4 Å². The lowest BCUT2D eigenvalue weighted by Crippen LogP contribution is -2.52. The number of hydrogen-bond donors (Lipinski definition) is 2. The first-order chi connectivity index (χ1) is 13.6. The van der Waals surface area contributed by atoms with Crippen molar-refractivity contribution in [3.63, 3.8) is 0 Å². The smallest absolute Gasteiger partial charge is 0.399 e. The molecule has 2 aliphatic heterocycles. The number of nitrogens with zero attached hydrogens (tertiary/aromatic N) is 4. The summed E-state index contributed by atoms with van der Waals surface area (Å²) in [7, 11) is 1.38. The summed E-state index contributed by atoms with van der Waals surface area (Å²) in [6.45, 7) is 8.45. The van der Waals surface area contributed by atoms with Crippen molar-refractivity contribution < 1.29 is 24.3 Å². The van der Waals surface area contributed by atoms with E-state index >= 15 is 0 Å². The molecule has 0 aliphatic carbocycles. The van der Waals surface area contributed by atoms with Crippen LogP contribution < -0.4 is 10.4 Å². The van der Waals surface area contributed by atoms with Crippen LogP contribution in [0.25, 0.3) is 0 Å². The van der Waals surface area contributed by atoms with Gasteiger partial charge >= 0.3 is 7.12 Å². The summed E-state index contributed by atoms with van der Waals surface area (Å²) in [6, 6.07) is 0.0290. The Labute approximate surface area is 172 Å². The quantitative estimate of drug-likeness (QED) is 0.634. The lowest BCUT2D eigenvalue weighted by atomic mass is 9.81. The van der Waals surface area contributed by atoms with Crippen LogP contribution >= 0.6 is 0 Å². The summed E-state index contributed by atoms with van der Waals surface area (Å²) < 4.78 is 12.1. The second-order valence-electron chi connectivity index (χ2n) is 8.79. The van der Waals surface area contributed by atoms with E-state index in [4.69, 9.17) is 14.4 Å². The summed E-state index contributed by atoms with van der Waals surface area (Å²) >= 11 is 0. The van der Waals surface area contributed by atoms with Gasteiger partial charge in [-0.15, -0.1) is 0 Å². The molecule has 2 saturated heterocycles. The van der Waals surface area contributed by atoms with Gasteiger partial charge in [-0.1, -0.05) is 0 Å². The van der Waals surface area contributed by atoms with Crippen molar-refractivity contribution >= 4 is 24.4 Å². The van der Waals surface area contributed by atoms with Crippen LogP contribution in [0, 0.1) is 0 Å². The van der Waals surface area contributed by atoms with Crippen molar-refractivity contribution in [2.45, 2.75) is 63.9 Å². The number of hydrogen-bond acceptors (Lipinski definition) is 8. The fraction of sp³-hybridized carbons (Fsp3) is 0.737. The van der Waals surface area contributed by atoms with Gasteiger partial charge in [-0.3, -0.25) is 4.79 Å². The molecular formula is C19H31BN4O5. The summed E-state index contributed by atoms with van der Waals surface area (Å²) in [4.78, 5) is 24.7. The maximum atomic E-state index is 12.2. The monoisotopic (exact) mass is 406 g/mol. The van der Waals surface area contributed by atoms with Gasteiger partial charge < -0.3 is 29.3 Å². The number of anilines is 1. The standard InChI is InChI=1S/C19H31BN4O5/c1-18(2)19(3,4)29-20(28-18)13-9-21-17(22-10-13)23(5)14-7-6-8-24(11-14)16(27)15(26)12-25/h9-10,14-15,25-26H,6-8,11-12H2,1-5H3/t14-,15+/m0/s1. The van der Waals surface area contributed by atoms with Gasteiger partial charge in [-0.05, 0) is 40.5 Å². The van der Waals surface area contributed by atoms with Gasteiger partial charge in [0.15, 0.2) is 6.10 Å². The Balaban J connectivity index is 1.66. The molecular weight excluding hydrogens is 375 g/mol. The maximum Gasteiger partial charge on any atom is 0.498 e. The molecule has 0 unspecified atom stereocenters. The molecule has 9 nitrogen and oxygen atoms in total. The Morgan fingerprint density at radius 1 is 1.31 bits per heavy atom. The Morgan fingerprint density at radius 2 is 1.90 bits per heavy atom. The lowest BCUT2D eigenvalue weighted by Gasteiger charge is -2.38. The fourth-order valence-corrected chi connectivity index (χ4v) is 3.54. The van der Waals surface area contributed by atoms with E-state index in [1.165, 1.54) is 0 Å². The number of aliphatic hydroxyl groups excluding tert-OH is 2. The first kappa shape index (κ1) is 22.0. The zero-order valence-electron chi connectivity index (χ0n) is 17.8. The number of likely N-dealkylation sites (N-methyl/N-ethyl adjacent to an activating group) is 1. The molecule has 0 spiro atoms. The highest BCUT2D eigenvalue weighted by molar-refractivity contribution is 6.61. The van der Waals surface area contributed by atoms with Crippen molar-refractivity contribution in [3.05, 3.63) is 12.4 Å². The largest absolute Gasteiger partial charge is 0.498 e. The second-order valence-corrected chi connectivity index (χ2v) is 8.79. The lowest BCUT2D eigenvalue weighted by molar-refractivity contribution is -0.143. The molecule has 2 atom stereocenters. The molecule has 160 valence electrons. The first-order valence-electron chi connectivity index (χ1n) is 10.0. The Hall–Kier alpha value is -1.75. The van der Waals surface area contributed by atoms with E-state index in [1.807, 2.05) is 39.6 Å². The molecule has 2 N–H and O–H groups in total. The number of piperidine rings is 1. The zero-order chi connectivity index (χ0) is 21.4. The van der Waals surface area contributed by atoms with Crippen LogP contribution in [0.2, 0.25) is 0 Å². The van der Waals surface area contributed by atoms with Crippen LogP contribution in [-0.4, -0.2) is 88.2 Å². The van der Waals surface area contributed by atoms with Crippen molar-refractivity contribution in [1.29, 1.82) is 0 Å². The molecule has 10 heteroatoms. The highest BCUT2D eigenvalue weighted by Gasteiger charge is 2.52. The van der Waals surface area contributed by atoms with Gasteiger partial charge in [0.2, 0.25) is 5.95 Å². The van der Waals surface area contributed by atoms with E-state index in [0.717, 1.165) is 18.3 Å². The third kappa shape index (κ3) is 4.40. The normalized spacial score (nSPS) is 24.4. The molecule has 0 radical (unpaired) electrons. The van der Waals surface area contributed by atoms with E-state index in [-0.39, 0.29) is 6.04 Å². The topological polar surface area (TPSA) is 108 Å². The van der Waals surface area contributed by atoms with Crippen LogP contribution in [0.1, 0.15) is 40.5 Å². The minimum absolute atomic E-state index is 0.0290. The van der Waals surface area contributed by atoms with E-state index < -0.39 is 36.9 Å². The highest BCUT2D eigenvalue weighted by Crippen LogP contribution is 2.36. The number of carbonyl (C=O) groups is 1. The summed E-state index contributed by atoms with van der Waals surface area (Å²) in [5.74, 6) is 0.106. The molecule has 0 saturated carbocycles.